The molecule has 0 aromatic rings. The molecule has 0 spiro atoms. The van der Waals surface area contributed by atoms with Crippen molar-refractivity contribution in [3.8, 4) is 0 Å². The summed E-state index contributed by atoms with van der Waals surface area (Å²) in [6, 6.07) is 0.815. The lowest BCUT2D eigenvalue weighted by Crippen LogP contribution is -2.39. The van der Waals surface area contributed by atoms with Crippen molar-refractivity contribution in [3.05, 3.63) is 0 Å². The molecule has 0 radical (unpaired) electrons. The Balaban J connectivity index is 1.63. The monoisotopic (exact) mass is 300 g/mol. The summed E-state index contributed by atoms with van der Waals surface area (Å²) in [4.78, 5) is 11.7. The third kappa shape index (κ3) is 5.52. The number of hydrogen-bond acceptors (Lipinski definition) is 4. The van der Waals surface area contributed by atoms with Crippen LogP contribution in [0.15, 0.2) is 0 Å². The molecule has 1 aliphatic carbocycles. The van der Waals surface area contributed by atoms with E-state index in [1.54, 1.807) is 0 Å². The fourth-order valence-electron chi connectivity index (χ4n) is 2.88. The van der Waals surface area contributed by atoms with Gasteiger partial charge in [0.05, 0.1) is 0 Å². The zero-order valence-corrected chi connectivity index (χ0v) is 13.7. The molecule has 2 fully saturated rings. The first kappa shape index (κ1) is 16.0. The van der Waals surface area contributed by atoms with E-state index in [4.69, 9.17) is 4.74 Å². The third-order valence-electron chi connectivity index (χ3n) is 3.81. The average Bonchev–Trinajstić information content (AvgIpc) is 2.94. The van der Waals surface area contributed by atoms with Crippen LogP contribution in [0.4, 0.5) is 4.79 Å². The molecular weight excluding hydrogens is 272 g/mol. The highest BCUT2D eigenvalue weighted by Gasteiger charge is 2.28. The largest absolute Gasteiger partial charge is 0.444 e. The van der Waals surface area contributed by atoms with Crippen LogP contribution >= 0.6 is 11.8 Å². The summed E-state index contributed by atoms with van der Waals surface area (Å²) in [5, 5.41) is 7.45. The first-order valence-electron chi connectivity index (χ1n) is 7.77. The van der Waals surface area contributed by atoms with E-state index in [1.165, 1.54) is 18.6 Å². The molecule has 1 amide bonds. The quantitative estimate of drug-likeness (QED) is 0.838. The molecule has 1 aliphatic heterocycles. The van der Waals surface area contributed by atoms with Gasteiger partial charge in [-0.1, -0.05) is 0 Å². The van der Waals surface area contributed by atoms with Crippen LogP contribution < -0.4 is 10.6 Å². The Morgan fingerprint density at radius 2 is 2.00 bits per heavy atom. The van der Waals surface area contributed by atoms with Gasteiger partial charge in [-0.15, -0.1) is 0 Å². The van der Waals surface area contributed by atoms with E-state index >= 15 is 0 Å². The second kappa shape index (κ2) is 7.03. The van der Waals surface area contributed by atoms with Gasteiger partial charge in [-0.25, -0.2) is 4.79 Å². The van der Waals surface area contributed by atoms with Crippen molar-refractivity contribution >= 4 is 17.9 Å². The van der Waals surface area contributed by atoms with Crippen LogP contribution in [0, 0.1) is 0 Å². The van der Waals surface area contributed by atoms with Crippen molar-refractivity contribution < 1.29 is 9.53 Å². The second-order valence-corrected chi connectivity index (χ2v) is 8.30. The SMILES string of the molecule is CC(C)(C)OC(=O)NC1CCC(NCC2CCCS2)C1. The summed E-state index contributed by atoms with van der Waals surface area (Å²) in [7, 11) is 0. The van der Waals surface area contributed by atoms with E-state index in [2.05, 4.69) is 22.4 Å². The van der Waals surface area contributed by atoms with E-state index in [0.29, 0.717) is 6.04 Å². The fourth-order valence-corrected chi connectivity index (χ4v) is 4.09. The highest BCUT2D eigenvalue weighted by Crippen LogP contribution is 2.26. The van der Waals surface area contributed by atoms with Crippen LogP contribution in [0.1, 0.15) is 52.9 Å². The number of amides is 1. The molecule has 1 saturated heterocycles. The third-order valence-corrected chi connectivity index (χ3v) is 5.21. The maximum absolute atomic E-state index is 11.7. The van der Waals surface area contributed by atoms with Crippen molar-refractivity contribution in [2.24, 2.45) is 0 Å². The van der Waals surface area contributed by atoms with Gasteiger partial charge >= 0.3 is 6.09 Å². The first-order chi connectivity index (χ1) is 9.42. The van der Waals surface area contributed by atoms with E-state index < -0.39 is 5.60 Å². The lowest BCUT2D eigenvalue weighted by Gasteiger charge is -2.22. The topological polar surface area (TPSA) is 50.4 Å². The van der Waals surface area contributed by atoms with Crippen LogP contribution in [0.25, 0.3) is 0 Å². The first-order valence-corrected chi connectivity index (χ1v) is 8.82. The number of thioether (sulfide) groups is 1. The number of alkyl carbamates (subject to hydrolysis) is 1. The zero-order valence-electron chi connectivity index (χ0n) is 12.9. The Bertz CT molecular complexity index is 324. The predicted molar refractivity (Wildman–Crippen MR) is 84.3 cm³/mol. The maximum Gasteiger partial charge on any atom is 0.407 e. The summed E-state index contributed by atoms with van der Waals surface area (Å²) in [6.45, 7) is 6.80. The second-order valence-electron chi connectivity index (χ2n) is 6.90. The van der Waals surface area contributed by atoms with Gasteiger partial charge in [0.15, 0.2) is 0 Å². The summed E-state index contributed by atoms with van der Waals surface area (Å²) < 4.78 is 5.30. The number of hydrogen-bond donors (Lipinski definition) is 2. The summed E-state index contributed by atoms with van der Waals surface area (Å²) in [6.07, 6.45) is 5.66. The summed E-state index contributed by atoms with van der Waals surface area (Å²) in [5.74, 6) is 1.32. The minimum Gasteiger partial charge on any atom is -0.444 e. The zero-order chi connectivity index (χ0) is 14.6. The van der Waals surface area contributed by atoms with Crippen molar-refractivity contribution in [1.82, 2.24) is 10.6 Å². The maximum atomic E-state index is 11.7. The molecule has 0 aromatic carbocycles. The van der Waals surface area contributed by atoms with Gasteiger partial charge < -0.3 is 15.4 Å². The molecule has 116 valence electrons. The normalized spacial score (nSPS) is 30.4. The molecule has 20 heavy (non-hydrogen) atoms. The van der Waals surface area contributed by atoms with Crippen molar-refractivity contribution in [1.29, 1.82) is 0 Å². The molecule has 3 atom stereocenters. The minimum atomic E-state index is -0.417. The molecule has 2 aliphatic rings. The molecule has 1 saturated carbocycles. The Labute approximate surface area is 126 Å². The average molecular weight is 300 g/mol. The van der Waals surface area contributed by atoms with E-state index in [0.717, 1.165) is 31.1 Å². The lowest BCUT2D eigenvalue weighted by atomic mass is 10.2. The van der Waals surface area contributed by atoms with Crippen molar-refractivity contribution in [2.75, 3.05) is 12.3 Å². The van der Waals surface area contributed by atoms with Crippen LogP contribution in [0.3, 0.4) is 0 Å². The van der Waals surface area contributed by atoms with Crippen LogP contribution in [-0.4, -0.2) is 41.3 Å². The Morgan fingerprint density at radius 1 is 1.25 bits per heavy atom. The number of carbonyl (C=O) groups excluding carboxylic acids is 1. The van der Waals surface area contributed by atoms with Gasteiger partial charge in [0.25, 0.3) is 0 Å². The molecule has 0 bridgehead atoms. The van der Waals surface area contributed by atoms with E-state index in [-0.39, 0.29) is 12.1 Å². The molecule has 3 unspecified atom stereocenters. The number of nitrogens with one attached hydrogen (secondary N) is 2. The molecule has 1 heterocycles. The Kier molecular flexibility index (Phi) is 5.61. The predicted octanol–water partition coefficient (Wildman–Crippen LogP) is 2.92. The Hall–Kier alpha value is -0.420. The summed E-state index contributed by atoms with van der Waals surface area (Å²) in [5.41, 5.74) is -0.417. The van der Waals surface area contributed by atoms with Crippen molar-refractivity contribution in [3.63, 3.8) is 0 Å². The van der Waals surface area contributed by atoms with Crippen LogP contribution in [0.2, 0.25) is 0 Å². The van der Waals surface area contributed by atoms with E-state index in [9.17, 15) is 4.79 Å². The van der Waals surface area contributed by atoms with Gasteiger partial charge in [-0.3, -0.25) is 0 Å². The van der Waals surface area contributed by atoms with Crippen molar-refractivity contribution in [2.45, 2.75) is 75.8 Å². The molecule has 2 rings (SSSR count). The number of ether oxygens (including phenoxy) is 1. The van der Waals surface area contributed by atoms with Crippen LogP contribution in [0.5, 0.6) is 0 Å². The molecule has 0 aromatic heterocycles. The van der Waals surface area contributed by atoms with Gasteiger partial charge in [0, 0.05) is 23.9 Å². The van der Waals surface area contributed by atoms with Gasteiger partial charge in [0.1, 0.15) is 5.60 Å². The minimum absolute atomic E-state index is 0.263. The number of carbonyl (C=O) groups is 1. The standard InChI is InChI=1S/C15H28N2O2S/c1-15(2,3)19-14(18)17-12-7-6-11(9-12)16-10-13-5-4-8-20-13/h11-13,16H,4-10H2,1-3H3,(H,17,18). The lowest BCUT2D eigenvalue weighted by molar-refractivity contribution is 0.0505. The molecule has 2 N–H and O–H groups in total. The molecule has 4 nitrogen and oxygen atoms in total. The van der Waals surface area contributed by atoms with Crippen LogP contribution in [-0.2, 0) is 4.74 Å². The van der Waals surface area contributed by atoms with E-state index in [1.807, 2.05) is 20.8 Å². The number of rotatable bonds is 4. The van der Waals surface area contributed by atoms with Gasteiger partial charge in [-0.05, 0) is 58.6 Å². The smallest absolute Gasteiger partial charge is 0.407 e. The van der Waals surface area contributed by atoms with Gasteiger partial charge in [-0.2, -0.15) is 11.8 Å². The molecule has 5 heteroatoms. The highest BCUT2D eigenvalue weighted by molar-refractivity contribution is 8.00. The highest BCUT2D eigenvalue weighted by atomic mass is 32.2. The fraction of sp³-hybridized carbons (Fsp3) is 0.933. The Morgan fingerprint density at radius 3 is 2.65 bits per heavy atom. The molecular formula is C15H28N2O2S. The summed E-state index contributed by atoms with van der Waals surface area (Å²) >= 11 is 2.09. The van der Waals surface area contributed by atoms with Gasteiger partial charge in [0.2, 0.25) is 0 Å².